The lowest BCUT2D eigenvalue weighted by Gasteiger charge is -2.20. The Labute approximate surface area is 220 Å². The summed E-state index contributed by atoms with van der Waals surface area (Å²) in [7, 11) is 0. The van der Waals surface area contributed by atoms with Crippen LogP contribution >= 0.6 is 0 Å². The van der Waals surface area contributed by atoms with Gasteiger partial charge in [-0.25, -0.2) is 4.98 Å². The second kappa shape index (κ2) is 11.3. The van der Waals surface area contributed by atoms with E-state index in [-0.39, 0.29) is 18.6 Å². The minimum absolute atomic E-state index is 0.0933. The highest BCUT2D eigenvalue weighted by Crippen LogP contribution is 2.32. The summed E-state index contributed by atoms with van der Waals surface area (Å²) in [4.78, 5) is 23.2. The van der Waals surface area contributed by atoms with E-state index in [0.29, 0.717) is 30.8 Å². The number of likely N-dealkylation sites (tertiary alicyclic amines) is 1. The first-order chi connectivity index (χ1) is 17.6. The minimum atomic E-state index is -0.330. The first-order valence-corrected chi connectivity index (χ1v) is 13.0. The van der Waals surface area contributed by atoms with Crippen molar-refractivity contribution in [3.63, 3.8) is 0 Å². The molecule has 1 saturated heterocycles. The Balaban J connectivity index is 1.67. The van der Waals surface area contributed by atoms with Crippen LogP contribution in [0, 0.1) is 27.7 Å². The van der Waals surface area contributed by atoms with Crippen molar-refractivity contribution in [2.24, 2.45) is 5.73 Å². The van der Waals surface area contributed by atoms with Crippen LogP contribution in [-0.2, 0) is 11.4 Å². The van der Waals surface area contributed by atoms with E-state index in [0.717, 1.165) is 52.2 Å². The fourth-order valence-electron chi connectivity index (χ4n) is 4.81. The summed E-state index contributed by atoms with van der Waals surface area (Å²) in [5.41, 5.74) is 12.6. The highest BCUT2D eigenvalue weighted by Gasteiger charge is 2.27. The van der Waals surface area contributed by atoms with Crippen LogP contribution in [0.2, 0.25) is 0 Å². The number of ether oxygens (including phenoxy) is 2. The lowest BCUT2D eigenvalue weighted by Crippen LogP contribution is -2.33. The van der Waals surface area contributed by atoms with Crippen LogP contribution in [-0.4, -0.2) is 46.5 Å². The average Bonchev–Trinajstić information content (AvgIpc) is 3.25. The van der Waals surface area contributed by atoms with Gasteiger partial charge in [0.15, 0.2) is 5.82 Å². The van der Waals surface area contributed by atoms with Crippen molar-refractivity contribution in [1.29, 1.82) is 0 Å². The molecular formula is C30H38N4O3. The number of rotatable bonds is 9. The van der Waals surface area contributed by atoms with E-state index in [1.54, 1.807) is 0 Å². The lowest BCUT2D eigenvalue weighted by atomic mass is 10.0. The number of aromatic nitrogens is 2. The number of hydrogen-bond acceptors (Lipinski definition) is 6. The van der Waals surface area contributed by atoms with Gasteiger partial charge in [0.2, 0.25) is 11.8 Å². The molecule has 2 heterocycles. The Morgan fingerprint density at radius 1 is 1.08 bits per heavy atom. The van der Waals surface area contributed by atoms with Crippen LogP contribution in [0.5, 0.6) is 11.6 Å². The van der Waals surface area contributed by atoms with Gasteiger partial charge in [0.25, 0.3) is 0 Å². The largest absolute Gasteiger partial charge is 0.488 e. The molecule has 7 nitrogen and oxygen atoms in total. The van der Waals surface area contributed by atoms with E-state index in [1.165, 1.54) is 5.56 Å². The molecule has 3 aromatic rings. The predicted molar refractivity (Wildman–Crippen MR) is 146 cm³/mol. The van der Waals surface area contributed by atoms with Crippen molar-refractivity contribution >= 4 is 5.91 Å². The summed E-state index contributed by atoms with van der Waals surface area (Å²) in [6.07, 6.45) is 0.703. The van der Waals surface area contributed by atoms with Crippen LogP contribution < -0.4 is 15.2 Å². The molecule has 2 N–H and O–H groups in total. The maximum absolute atomic E-state index is 11.4. The highest BCUT2D eigenvalue weighted by atomic mass is 16.5. The SMILES string of the molecule is Cc1ccc(C(C)C)cc1OCc1c(C)nc(-c2c(C)cccc2C)nc1OC1CCN(CC(N)=O)C1. The van der Waals surface area contributed by atoms with Crippen molar-refractivity contribution in [2.75, 3.05) is 19.6 Å². The molecular weight excluding hydrogens is 464 g/mol. The summed E-state index contributed by atoms with van der Waals surface area (Å²) in [5, 5.41) is 0. The molecule has 7 heteroatoms. The summed E-state index contributed by atoms with van der Waals surface area (Å²) in [5.74, 6) is 2.12. The second-order valence-corrected chi connectivity index (χ2v) is 10.4. The lowest BCUT2D eigenvalue weighted by molar-refractivity contribution is -0.118. The van der Waals surface area contributed by atoms with Gasteiger partial charge in [-0.15, -0.1) is 0 Å². The third kappa shape index (κ3) is 6.28. The van der Waals surface area contributed by atoms with Crippen LogP contribution in [0.15, 0.2) is 36.4 Å². The third-order valence-corrected chi connectivity index (χ3v) is 7.02. The molecule has 2 aromatic carbocycles. The summed E-state index contributed by atoms with van der Waals surface area (Å²) in [6, 6.07) is 12.5. The first-order valence-electron chi connectivity index (χ1n) is 13.0. The molecule has 0 aliphatic carbocycles. The van der Waals surface area contributed by atoms with Gasteiger partial charge >= 0.3 is 0 Å². The summed E-state index contributed by atoms with van der Waals surface area (Å²) >= 11 is 0. The molecule has 1 fully saturated rings. The van der Waals surface area contributed by atoms with E-state index in [4.69, 9.17) is 25.2 Å². The number of nitrogens with two attached hydrogens (primary N) is 1. The first kappa shape index (κ1) is 26.6. The van der Waals surface area contributed by atoms with Crippen molar-refractivity contribution in [2.45, 2.75) is 66.6 Å². The summed E-state index contributed by atoms with van der Waals surface area (Å²) < 4.78 is 12.8. The average molecular weight is 503 g/mol. The van der Waals surface area contributed by atoms with Gasteiger partial charge in [0, 0.05) is 18.7 Å². The monoisotopic (exact) mass is 502 g/mol. The van der Waals surface area contributed by atoms with Crippen LogP contribution in [0.25, 0.3) is 11.4 Å². The number of amides is 1. The molecule has 4 rings (SSSR count). The van der Waals surface area contributed by atoms with Gasteiger partial charge in [-0.3, -0.25) is 9.69 Å². The van der Waals surface area contributed by atoms with Crippen molar-refractivity contribution in [3.05, 3.63) is 69.9 Å². The summed E-state index contributed by atoms with van der Waals surface area (Å²) in [6.45, 7) is 14.4. The van der Waals surface area contributed by atoms with Crippen molar-refractivity contribution < 1.29 is 14.3 Å². The number of hydrogen-bond donors (Lipinski definition) is 1. The van der Waals surface area contributed by atoms with Crippen LogP contribution in [0.3, 0.4) is 0 Å². The third-order valence-electron chi connectivity index (χ3n) is 7.02. The molecule has 1 aliphatic rings. The van der Waals surface area contributed by atoms with Gasteiger partial charge in [0.1, 0.15) is 18.5 Å². The molecule has 1 aromatic heterocycles. The van der Waals surface area contributed by atoms with E-state index >= 15 is 0 Å². The van der Waals surface area contributed by atoms with Gasteiger partial charge in [-0.05, 0) is 68.4 Å². The number of carbonyl (C=O) groups is 1. The number of carbonyl (C=O) groups excluding carboxylic acids is 1. The number of benzene rings is 2. The fraction of sp³-hybridized carbons (Fsp3) is 0.433. The van der Waals surface area contributed by atoms with Crippen LogP contribution in [0.4, 0.5) is 0 Å². The zero-order valence-corrected chi connectivity index (χ0v) is 22.8. The molecule has 1 unspecified atom stereocenters. The fourth-order valence-corrected chi connectivity index (χ4v) is 4.81. The topological polar surface area (TPSA) is 90.6 Å². The molecule has 1 amide bonds. The highest BCUT2D eigenvalue weighted by molar-refractivity contribution is 5.76. The second-order valence-electron chi connectivity index (χ2n) is 10.4. The van der Waals surface area contributed by atoms with E-state index in [1.807, 2.05) is 17.9 Å². The zero-order valence-electron chi connectivity index (χ0n) is 22.8. The molecule has 196 valence electrons. The number of primary amides is 1. The molecule has 1 atom stereocenters. The van der Waals surface area contributed by atoms with Gasteiger partial charge in [-0.2, -0.15) is 4.98 Å². The number of aryl methyl sites for hydroxylation is 4. The molecule has 0 spiro atoms. The minimum Gasteiger partial charge on any atom is -0.488 e. The molecule has 0 radical (unpaired) electrons. The van der Waals surface area contributed by atoms with E-state index in [2.05, 4.69) is 65.0 Å². The molecule has 1 aliphatic heterocycles. The zero-order chi connectivity index (χ0) is 26.7. The smallest absolute Gasteiger partial charge is 0.231 e. The molecule has 0 saturated carbocycles. The maximum atomic E-state index is 11.4. The normalized spacial score (nSPS) is 15.8. The van der Waals surface area contributed by atoms with E-state index < -0.39 is 0 Å². The number of nitrogens with zero attached hydrogens (tertiary/aromatic N) is 3. The van der Waals surface area contributed by atoms with Crippen LogP contribution in [0.1, 0.15) is 59.7 Å². The van der Waals surface area contributed by atoms with Gasteiger partial charge in [0.05, 0.1) is 17.8 Å². The maximum Gasteiger partial charge on any atom is 0.231 e. The predicted octanol–water partition coefficient (Wildman–Crippen LogP) is 5.02. The Morgan fingerprint density at radius 3 is 2.49 bits per heavy atom. The Bertz CT molecular complexity index is 1270. The quantitative estimate of drug-likeness (QED) is 0.442. The standard InChI is InChI=1S/C30H38N4O3/c1-18(2)23-11-10-19(3)26(14-23)36-17-25-22(6)32-29(28-20(4)8-7-9-21(28)5)33-30(25)37-24-12-13-34(15-24)16-27(31)35/h7-11,14,18,24H,12-13,15-17H2,1-6H3,(H2,31,35). The molecule has 0 bridgehead atoms. The Hall–Kier alpha value is -3.45. The Morgan fingerprint density at radius 2 is 1.81 bits per heavy atom. The van der Waals surface area contributed by atoms with Gasteiger partial charge < -0.3 is 15.2 Å². The van der Waals surface area contributed by atoms with Crippen molar-refractivity contribution in [1.82, 2.24) is 14.9 Å². The van der Waals surface area contributed by atoms with Crippen molar-refractivity contribution in [3.8, 4) is 23.0 Å². The van der Waals surface area contributed by atoms with E-state index in [9.17, 15) is 4.79 Å². The van der Waals surface area contributed by atoms with Gasteiger partial charge in [-0.1, -0.05) is 44.2 Å². The molecule has 37 heavy (non-hydrogen) atoms. The Kier molecular flexibility index (Phi) is 8.13.